The van der Waals surface area contributed by atoms with Crippen molar-refractivity contribution in [2.75, 3.05) is 30.8 Å². The quantitative estimate of drug-likeness (QED) is 0.491. The molecule has 0 bridgehead atoms. The van der Waals surface area contributed by atoms with Gasteiger partial charge >= 0.3 is 6.03 Å². The molecule has 3 aromatic carbocycles. The summed E-state index contributed by atoms with van der Waals surface area (Å²) < 4.78 is 0. The third-order valence-corrected chi connectivity index (χ3v) is 6.67. The third kappa shape index (κ3) is 6.10. The Morgan fingerprint density at radius 3 is 2.28 bits per heavy atom. The topological polar surface area (TPSA) is 81.8 Å². The minimum absolute atomic E-state index is 0.0124. The average Bonchev–Trinajstić information content (AvgIpc) is 2.93. The molecule has 7 heteroatoms. The van der Waals surface area contributed by atoms with Gasteiger partial charge in [0.15, 0.2) is 0 Å². The maximum atomic E-state index is 13.4. The molecule has 0 radical (unpaired) electrons. The Morgan fingerprint density at radius 2 is 1.56 bits per heavy atom. The van der Waals surface area contributed by atoms with Gasteiger partial charge in [0.2, 0.25) is 5.91 Å². The zero-order valence-electron chi connectivity index (χ0n) is 20.7. The van der Waals surface area contributed by atoms with Crippen molar-refractivity contribution < 1.29 is 14.4 Å². The van der Waals surface area contributed by atoms with Crippen LogP contribution in [0.25, 0.3) is 0 Å². The minimum Gasteiger partial charge on any atom is -0.339 e. The lowest BCUT2D eigenvalue weighted by atomic mass is 9.95. The molecule has 1 aliphatic heterocycles. The number of amides is 4. The molecule has 186 valence electrons. The molecule has 1 fully saturated rings. The van der Waals surface area contributed by atoms with Gasteiger partial charge in [0.05, 0.1) is 12.0 Å². The van der Waals surface area contributed by atoms with Gasteiger partial charge in [-0.3, -0.25) is 9.59 Å². The average molecular weight is 485 g/mol. The third-order valence-electron chi connectivity index (χ3n) is 6.67. The number of hydrogen-bond donors (Lipinski definition) is 2. The number of carbonyl (C=O) groups excluding carboxylic acids is 3. The molecular weight excluding hydrogens is 452 g/mol. The van der Waals surface area contributed by atoms with E-state index in [1.807, 2.05) is 79.7 Å². The lowest BCUT2D eigenvalue weighted by Crippen LogP contribution is -2.47. The molecule has 1 aliphatic rings. The molecule has 0 spiro atoms. The van der Waals surface area contributed by atoms with E-state index in [-0.39, 0.29) is 29.8 Å². The van der Waals surface area contributed by atoms with Crippen molar-refractivity contribution in [1.82, 2.24) is 9.80 Å². The van der Waals surface area contributed by atoms with E-state index in [0.717, 1.165) is 24.1 Å². The lowest BCUT2D eigenvalue weighted by molar-refractivity contribution is -0.137. The van der Waals surface area contributed by atoms with Crippen LogP contribution in [0.4, 0.5) is 16.2 Å². The van der Waals surface area contributed by atoms with Crippen molar-refractivity contribution >= 4 is 29.2 Å². The first-order valence-electron chi connectivity index (χ1n) is 12.3. The van der Waals surface area contributed by atoms with E-state index in [2.05, 4.69) is 10.6 Å². The van der Waals surface area contributed by atoms with Crippen LogP contribution in [0.3, 0.4) is 0 Å². The Bertz CT molecular complexity index is 1200. The first-order valence-corrected chi connectivity index (χ1v) is 12.3. The highest BCUT2D eigenvalue weighted by Gasteiger charge is 2.32. The van der Waals surface area contributed by atoms with E-state index < -0.39 is 0 Å². The number of nitrogens with one attached hydrogen (secondary N) is 2. The molecule has 4 amide bonds. The molecule has 7 nitrogen and oxygen atoms in total. The second kappa shape index (κ2) is 11.5. The number of carbonyl (C=O) groups is 3. The monoisotopic (exact) mass is 484 g/mol. The molecule has 3 aromatic rings. The van der Waals surface area contributed by atoms with Crippen LogP contribution in [0.1, 0.15) is 41.7 Å². The van der Waals surface area contributed by atoms with Crippen molar-refractivity contribution in [3.8, 4) is 0 Å². The van der Waals surface area contributed by atoms with Gasteiger partial charge in [0.25, 0.3) is 5.91 Å². The molecule has 1 saturated heterocycles. The molecular formula is C29H32N4O3. The molecule has 2 N–H and O–H groups in total. The summed E-state index contributed by atoms with van der Waals surface area (Å²) in [5.41, 5.74) is 2.92. The standard InChI is InChI=1S/C29H32N4O3/c1-21(23-13-9-17-26(19-23)30-27(34)22-11-5-3-6-12-22)32(2)28(35)24-14-10-18-33(20-24)29(36)31-25-15-7-4-8-16-25/h3-9,11-13,15-17,19,21,24H,10,14,18,20H2,1-2H3,(H,30,34)(H,31,36). The van der Waals surface area contributed by atoms with Crippen molar-refractivity contribution in [3.05, 3.63) is 96.1 Å². The normalized spacial score (nSPS) is 16.1. The smallest absolute Gasteiger partial charge is 0.321 e. The van der Waals surface area contributed by atoms with E-state index in [4.69, 9.17) is 0 Å². The summed E-state index contributed by atoms with van der Waals surface area (Å²) in [6, 6.07) is 25.6. The molecule has 0 aliphatic carbocycles. The fourth-order valence-electron chi connectivity index (χ4n) is 4.46. The summed E-state index contributed by atoms with van der Waals surface area (Å²) in [5.74, 6) is -0.423. The number of nitrogens with zero attached hydrogens (tertiary/aromatic N) is 2. The first kappa shape index (κ1) is 25.0. The van der Waals surface area contributed by atoms with Gasteiger partial charge in [-0.15, -0.1) is 0 Å². The molecule has 0 aromatic heterocycles. The Kier molecular flexibility index (Phi) is 8.00. The van der Waals surface area contributed by atoms with E-state index in [0.29, 0.717) is 24.3 Å². The zero-order chi connectivity index (χ0) is 25.5. The van der Waals surface area contributed by atoms with E-state index in [9.17, 15) is 14.4 Å². The van der Waals surface area contributed by atoms with Gasteiger partial charge < -0.3 is 20.4 Å². The highest BCUT2D eigenvalue weighted by atomic mass is 16.2. The molecule has 2 atom stereocenters. The summed E-state index contributed by atoms with van der Waals surface area (Å²) in [6.07, 6.45) is 1.53. The Labute approximate surface area is 212 Å². The fourth-order valence-corrected chi connectivity index (χ4v) is 4.46. The van der Waals surface area contributed by atoms with Crippen LogP contribution in [0.5, 0.6) is 0 Å². The first-order chi connectivity index (χ1) is 17.4. The maximum absolute atomic E-state index is 13.4. The number of rotatable bonds is 6. The maximum Gasteiger partial charge on any atom is 0.321 e. The van der Waals surface area contributed by atoms with Gasteiger partial charge in [0.1, 0.15) is 0 Å². The van der Waals surface area contributed by atoms with Gasteiger partial charge in [-0.25, -0.2) is 4.79 Å². The second-order valence-corrected chi connectivity index (χ2v) is 9.15. The van der Waals surface area contributed by atoms with E-state index >= 15 is 0 Å². The van der Waals surface area contributed by atoms with Crippen LogP contribution in [0, 0.1) is 5.92 Å². The predicted molar refractivity (Wildman–Crippen MR) is 142 cm³/mol. The summed E-state index contributed by atoms with van der Waals surface area (Å²) in [7, 11) is 1.80. The van der Waals surface area contributed by atoms with Crippen LogP contribution in [0.15, 0.2) is 84.9 Å². The Morgan fingerprint density at radius 1 is 0.889 bits per heavy atom. The molecule has 36 heavy (non-hydrogen) atoms. The van der Waals surface area contributed by atoms with Crippen molar-refractivity contribution in [3.63, 3.8) is 0 Å². The summed E-state index contributed by atoms with van der Waals surface area (Å²) in [5, 5.41) is 5.84. The highest BCUT2D eigenvalue weighted by Crippen LogP contribution is 2.26. The van der Waals surface area contributed by atoms with E-state index in [1.165, 1.54) is 0 Å². The van der Waals surface area contributed by atoms with Crippen LogP contribution in [-0.4, -0.2) is 47.8 Å². The molecule has 2 unspecified atom stereocenters. The number of para-hydroxylation sites is 1. The zero-order valence-corrected chi connectivity index (χ0v) is 20.7. The van der Waals surface area contributed by atoms with Gasteiger partial charge in [-0.05, 0) is 61.7 Å². The fraction of sp³-hybridized carbons (Fsp3) is 0.276. The molecule has 1 heterocycles. The number of hydrogen-bond acceptors (Lipinski definition) is 3. The van der Waals surface area contributed by atoms with Crippen LogP contribution in [0.2, 0.25) is 0 Å². The Balaban J connectivity index is 1.38. The van der Waals surface area contributed by atoms with Crippen LogP contribution in [-0.2, 0) is 4.79 Å². The molecule has 0 saturated carbocycles. The lowest BCUT2D eigenvalue weighted by Gasteiger charge is -2.35. The van der Waals surface area contributed by atoms with Crippen LogP contribution < -0.4 is 10.6 Å². The van der Waals surface area contributed by atoms with Crippen LogP contribution >= 0.6 is 0 Å². The molecule has 4 rings (SSSR count). The number of anilines is 2. The van der Waals surface area contributed by atoms with Crippen molar-refractivity contribution in [2.24, 2.45) is 5.92 Å². The summed E-state index contributed by atoms with van der Waals surface area (Å²) in [6.45, 7) is 2.99. The largest absolute Gasteiger partial charge is 0.339 e. The van der Waals surface area contributed by atoms with Crippen molar-refractivity contribution in [1.29, 1.82) is 0 Å². The predicted octanol–water partition coefficient (Wildman–Crippen LogP) is 5.40. The van der Waals surface area contributed by atoms with Gasteiger partial charge in [-0.1, -0.05) is 48.5 Å². The summed E-state index contributed by atoms with van der Waals surface area (Å²) in [4.78, 5) is 42.1. The van der Waals surface area contributed by atoms with Crippen molar-refractivity contribution in [2.45, 2.75) is 25.8 Å². The number of piperidine rings is 1. The van der Waals surface area contributed by atoms with Gasteiger partial charge in [-0.2, -0.15) is 0 Å². The van der Waals surface area contributed by atoms with Gasteiger partial charge in [0, 0.05) is 37.1 Å². The number of benzene rings is 3. The second-order valence-electron chi connectivity index (χ2n) is 9.15. The SMILES string of the molecule is CC(c1cccc(NC(=O)c2ccccc2)c1)N(C)C(=O)C1CCCN(C(=O)Nc2ccccc2)C1. The number of likely N-dealkylation sites (tertiary alicyclic amines) is 1. The number of urea groups is 1. The minimum atomic E-state index is -0.256. The van der Waals surface area contributed by atoms with E-state index in [1.54, 1.807) is 29.0 Å². The summed E-state index contributed by atoms with van der Waals surface area (Å²) >= 11 is 0. The highest BCUT2D eigenvalue weighted by molar-refractivity contribution is 6.04. The Hall–Kier alpha value is -4.13.